The van der Waals surface area contributed by atoms with Crippen LogP contribution in [0.5, 0.6) is 0 Å². The molecule has 0 aliphatic heterocycles. The van der Waals surface area contributed by atoms with Gasteiger partial charge in [0, 0.05) is 18.5 Å². The summed E-state index contributed by atoms with van der Waals surface area (Å²) >= 11 is 5.62. The van der Waals surface area contributed by atoms with Gasteiger partial charge in [-0.25, -0.2) is 4.39 Å². The molecule has 0 saturated carbocycles. The van der Waals surface area contributed by atoms with E-state index in [1.807, 2.05) is 0 Å². The molecule has 20 heavy (non-hydrogen) atoms. The van der Waals surface area contributed by atoms with Gasteiger partial charge < -0.3 is 10.4 Å². The molecule has 0 aliphatic carbocycles. The van der Waals surface area contributed by atoms with Gasteiger partial charge in [0.2, 0.25) is 5.91 Å². The highest BCUT2D eigenvalue weighted by Crippen LogP contribution is 2.16. The summed E-state index contributed by atoms with van der Waals surface area (Å²) in [4.78, 5) is 22.0. The quantitative estimate of drug-likeness (QED) is 0.794. The molecule has 0 spiro atoms. The first-order valence-corrected chi connectivity index (χ1v) is 6.41. The molecule has 4 nitrogen and oxygen atoms in total. The Morgan fingerprint density at radius 3 is 2.80 bits per heavy atom. The van der Waals surface area contributed by atoms with E-state index in [4.69, 9.17) is 16.7 Å². The lowest BCUT2D eigenvalue weighted by Crippen LogP contribution is -2.31. The maximum atomic E-state index is 12.9. The highest BCUT2D eigenvalue weighted by atomic mass is 35.5. The number of halogens is 2. The van der Waals surface area contributed by atoms with E-state index in [2.05, 4.69) is 5.32 Å². The lowest BCUT2D eigenvalue weighted by molar-refractivity contribution is -0.137. The summed E-state index contributed by atoms with van der Waals surface area (Å²) in [5, 5.41) is 11.2. The van der Waals surface area contributed by atoms with Crippen molar-refractivity contribution in [2.75, 3.05) is 0 Å². The monoisotopic (exact) mass is 299 g/mol. The maximum Gasteiger partial charge on any atom is 0.303 e. The molecule has 1 amide bonds. The number of carbonyl (C=O) groups excluding carboxylic acids is 1. The third-order valence-corrected chi connectivity index (χ3v) is 2.84. The Morgan fingerprint density at radius 2 is 2.20 bits per heavy atom. The van der Waals surface area contributed by atoms with Crippen molar-refractivity contribution in [1.29, 1.82) is 0 Å². The van der Waals surface area contributed by atoms with Crippen LogP contribution in [0.15, 0.2) is 24.3 Å². The van der Waals surface area contributed by atoms with Crippen LogP contribution in [0.4, 0.5) is 4.39 Å². The maximum absolute atomic E-state index is 12.9. The summed E-state index contributed by atoms with van der Waals surface area (Å²) in [6.07, 6.45) is 3.15. The van der Waals surface area contributed by atoms with Crippen LogP contribution in [0, 0.1) is 5.82 Å². The minimum atomic E-state index is -0.900. The Morgan fingerprint density at radius 1 is 1.50 bits per heavy atom. The van der Waals surface area contributed by atoms with Gasteiger partial charge in [-0.3, -0.25) is 9.59 Å². The highest BCUT2D eigenvalue weighted by molar-refractivity contribution is 6.30. The van der Waals surface area contributed by atoms with E-state index < -0.39 is 11.8 Å². The van der Waals surface area contributed by atoms with Crippen LogP contribution in [0.2, 0.25) is 5.02 Å². The number of rotatable bonds is 6. The zero-order valence-corrected chi connectivity index (χ0v) is 11.7. The summed E-state index contributed by atoms with van der Waals surface area (Å²) in [5.74, 6) is -1.76. The van der Waals surface area contributed by atoms with E-state index in [1.165, 1.54) is 30.4 Å². The Balaban J connectivity index is 2.50. The molecule has 0 radical (unpaired) electrons. The molecule has 1 aromatic carbocycles. The van der Waals surface area contributed by atoms with Gasteiger partial charge >= 0.3 is 5.97 Å². The molecular weight excluding hydrogens is 285 g/mol. The fraction of sp³-hybridized carbons (Fsp3) is 0.286. The summed E-state index contributed by atoms with van der Waals surface area (Å²) in [5.41, 5.74) is 0.602. The molecule has 0 aliphatic rings. The number of carboxylic acids is 1. The molecule has 0 fully saturated rings. The van der Waals surface area contributed by atoms with Crippen molar-refractivity contribution in [3.8, 4) is 0 Å². The Hall–Kier alpha value is -1.88. The van der Waals surface area contributed by atoms with Crippen molar-refractivity contribution in [3.05, 3.63) is 40.7 Å². The first-order chi connectivity index (χ1) is 9.38. The van der Waals surface area contributed by atoms with E-state index >= 15 is 0 Å². The van der Waals surface area contributed by atoms with E-state index in [9.17, 15) is 14.0 Å². The molecule has 6 heteroatoms. The molecule has 2 N–H and O–H groups in total. The minimum Gasteiger partial charge on any atom is -0.481 e. The lowest BCUT2D eigenvalue weighted by atomic mass is 10.1. The molecular formula is C14H15ClFNO3. The Labute approximate surface area is 121 Å². The first kappa shape index (κ1) is 16.2. The van der Waals surface area contributed by atoms with E-state index in [0.717, 1.165) is 0 Å². The molecule has 0 heterocycles. The predicted octanol–water partition coefficient (Wildman–Crippen LogP) is 2.86. The molecule has 108 valence electrons. The van der Waals surface area contributed by atoms with Crippen molar-refractivity contribution in [2.24, 2.45) is 0 Å². The van der Waals surface area contributed by atoms with Gasteiger partial charge in [0.05, 0.1) is 5.02 Å². The van der Waals surface area contributed by atoms with Crippen LogP contribution in [-0.4, -0.2) is 23.0 Å². The second kappa shape index (κ2) is 7.65. The van der Waals surface area contributed by atoms with E-state index in [-0.39, 0.29) is 23.4 Å². The van der Waals surface area contributed by atoms with Gasteiger partial charge in [-0.2, -0.15) is 0 Å². The number of carbonyl (C=O) groups is 2. The number of carboxylic acid groups (broad SMARTS) is 1. The highest BCUT2D eigenvalue weighted by Gasteiger charge is 2.07. The van der Waals surface area contributed by atoms with Crippen molar-refractivity contribution < 1.29 is 19.1 Å². The summed E-state index contributed by atoms with van der Waals surface area (Å²) in [6, 6.07) is 3.89. The zero-order valence-electron chi connectivity index (χ0n) is 10.9. The van der Waals surface area contributed by atoms with Crippen LogP contribution >= 0.6 is 11.6 Å². The topological polar surface area (TPSA) is 66.4 Å². The van der Waals surface area contributed by atoms with Gasteiger partial charge in [-0.1, -0.05) is 17.7 Å². The molecule has 0 bridgehead atoms. The zero-order chi connectivity index (χ0) is 15.1. The van der Waals surface area contributed by atoms with Crippen LogP contribution in [0.25, 0.3) is 6.08 Å². The minimum absolute atomic E-state index is 0.00126. The van der Waals surface area contributed by atoms with Crippen LogP contribution in [-0.2, 0) is 9.59 Å². The van der Waals surface area contributed by atoms with Crippen LogP contribution in [0.1, 0.15) is 25.3 Å². The number of amides is 1. The average Bonchev–Trinajstić information content (AvgIpc) is 2.38. The third kappa shape index (κ3) is 5.84. The number of hydrogen-bond donors (Lipinski definition) is 2. The number of hydrogen-bond acceptors (Lipinski definition) is 2. The number of nitrogens with one attached hydrogen (secondary N) is 1. The fourth-order valence-corrected chi connectivity index (χ4v) is 1.68. The smallest absolute Gasteiger partial charge is 0.303 e. The van der Waals surface area contributed by atoms with Crippen molar-refractivity contribution in [3.63, 3.8) is 0 Å². The molecule has 1 unspecified atom stereocenters. The van der Waals surface area contributed by atoms with Gasteiger partial charge in [0.25, 0.3) is 0 Å². The Bertz CT molecular complexity index is 531. The fourth-order valence-electron chi connectivity index (χ4n) is 1.49. The summed E-state index contributed by atoms with van der Waals surface area (Å²) in [7, 11) is 0. The van der Waals surface area contributed by atoms with Crippen molar-refractivity contribution in [2.45, 2.75) is 25.8 Å². The molecule has 1 rings (SSSR count). The first-order valence-electron chi connectivity index (χ1n) is 6.04. The van der Waals surface area contributed by atoms with Gasteiger partial charge in [0.1, 0.15) is 5.82 Å². The second-order valence-electron chi connectivity index (χ2n) is 4.35. The van der Waals surface area contributed by atoms with E-state index in [1.54, 1.807) is 6.92 Å². The second-order valence-corrected chi connectivity index (χ2v) is 4.76. The molecule has 1 aromatic rings. The standard InChI is InChI=1S/C14H15ClFNO3/c1-9(2-7-14(19)20)17-13(18)6-4-10-3-5-12(16)11(15)8-10/h3-6,8-9H,2,7H2,1H3,(H,17,18)(H,19,20). The van der Waals surface area contributed by atoms with Gasteiger partial charge in [-0.05, 0) is 37.1 Å². The SMILES string of the molecule is CC(CCC(=O)O)NC(=O)C=Cc1ccc(F)c(Cl)c1. The predicted molar refractivity (Wildman–Crippen MR) is 74.9 cm³/mol. The molecule has 0 aromatic heterocycles. The van der Waals surface area contributed by atoms with Crippen molar-refractivity contribution in [1.82, 2.24) is 5.32 Å². The van der Waals surface area contributed by atoms with Gasteiger partial charge in [0.15, 0.2) is 0 Å². The summed E-state index contributed by atoms with van der Waals surface area (Å²) in [6.45, 7) is 1.73. The Kier molecular flexibility index (Phi) is 6.18. The number of benzene rings is 1. The van der Waals surface area contributed by atoms with E-state index in [0.29, 0.717) is 12.0 Å². The average molecular weight is 300 g/mol. The van der Waals surface area contributed by atoms with Crippen LogP contribution < -0.4 is 5.32 Å². The lowest BCUT2D eigenvalue weighted by Gasteiger charge is -2.10. The number of aliphatic carboxylic acids is 1. The molecule has 1 atom stereocenters. The largest absolute Gasteiger partial charge is 0.481 e. The normalized spacial score (nSPS) is 12.3. The molecule has 0 saturated heterocycles. The van der Waals surface area contributed by atoms with Crippen LogP contribution in [0.3, 0.4) is 0 Å². The van der Waals surface area contributed by atoms with Crippen molar-refractivity contribution >= 4 is 29.6 Å². The van der Waals surface area contributed by atoms with Gasteiger partial charge in [-0.15, -0.1) is 0 Å². The summed E-state index contributed by atoms with van der Waals surface area (Å²) < 4.78 is 12.9. The third-order valence-electron chi connectivity index (χ3n) is 2.55.